The van der Waals surface area contributed by atoms with E-state index in [2.05, 4.69) is 6.07 Å². The second-order valence-electron chi connectivity index (χ2n) is 9.38. The topological polar surface area (TPSA) is 93.7 Å². The molecule has 31 heavy (non-hydrogen) atoms. The maximum Gasteiger partial charge on any atom is 0.241 e. The Morgan fingerprint density at radius 1 is 1.29 bits per heavy atom. The van der Waals surface area contributed by atoms with Crippen molar-refractivity contribution in [3.63, 3.8) is 0 Å². The average molecular weight is 426 g/mol. The van der Waals surface area contributed by atoms with E-state index in [1.54, 1.807) is 4.90 Å². The van der Waals surface area contributed by atoms with Gasteiger partial charge >= 0.3 is 0 Å². The lowest BCUT2D eigenvalue weighted by molar-refractivity contribution is -0.150. The minimum Gasteiger partial charge on any atom is -0.327 e. The molecule has 4 aliphatic rings. The van der Waals surface area contributed by atoms with Gasteiger partial charge in [0.1, 0.15) is 11.9 Å². The number of carbonyl (C=O) groups is 2. The lowest BCUT2D eigenvalue weighted by atomic mass is 9.70. The fraction of sp³-hybridized carbons (Fsp3) is 0.609. The van der Waals surface area contributed by atoms with Crippen LogP contribution >= 0.6 is 0 Å². The van der Waals surface area contributed by atoms with Crippen LogP contribution < -0.4 is 5.73 Å². The van der Waals surface area contributed by atoms with Gasteiger partial charge in [0.15, 0.2) is 0 Å². The highest BCUT2D eigenvalue weighted by molar-refractivity contribution is 5.87. The van der Waals surface area contributed by atoms with Crippen LogP contribution in [0.3, 0.4) is 0 Å². The number of nitriles is 1. The zero-order valence-electron chi connectivity index (χ0n) is 17.5. The molecule has 2 N–H and O–H groups in total. The molecule has 1 aromatic rings. The van der Waals surface area contributed by atoms with E-state index in [0.717, 1.165) is 37.7 Å². The van der Waals surface area contributed by atoms with Crippen LogP contribution in [-0.2, 0) is 15.1 Å². The second-order valence-corrected chi connectivity index (χ2v) is 9.38. The standard InChI is InChI=1S/C23H28FN5O2/c24-16-6-4-15(5-7-16)23(8-2-9-23)29-18-11-20(22(29)31)27(13-18)14-19(26)21(30)28-10-1-3-17(28)12-25/h4-7,17-20H,1-3,8-11,13-14,26H2/t17-,18?,19-,20+/m0/s1. The molecule has 7 nitrogen and oxygen atoms in total. The number of carbonyl (C=O) groups excluding carboxylic acids is 2. The number of nitrogens with zero attached hydrogens (tertiary/aromatic N) is 4. The van der Waals surface area contributed by atoms with Crippen molar-refractivity contribution in [3.8, 4) is 6.07 Å². The molecule has 2 amide bonds. The van der Waals surface area contributed by atoms with Crippen LogP contribution in [0.2, 0.25) is 0 Å². The Balaban J connectivity index is 1.28. The van der Waals surface area contributed by atoms with Gasteiger partial charge in [-0.05, 0) is 56.2 Å². The molecular weight excluding hydrogens is 397 g/mol. The number of halogens is 1. The van der Waals surface area contributed by atoms with Crippen LogP contribution in [0.1, 0.15) is 44.1 Å². The van der Waals surface area contributed by atoms with Gasteiger partial charge < -0.3 is 15.5 Å². The Bertz CT molecular complexity index is 925. The maximum absolute atomic E-state index is 13.4. The number of hydrogen-bond donors (Lipinski definition) is 1. The summed E-state index contributed by atoms with van der Waals surface area (Å²) in [6.07, 6.45) is 5.11. The van der Waals surface area contributed by atoms with Crippen molar-refractivity contribution in [1.29, 1.82) is 5.26 Å². The Morgan fingerprint density at radius 3 is 2.65 bits per heavy atom. The van der Waals surface area contributed by atoms with Gasteiger partial charge in [-0.3, -0.25) is 14.5 Å². The molecule has 4 atom stereocenters. The highest BCUT2D eigenvalue weighted by Crippen LogP contribution is 2.51. The van der Waals surface area contributed by atoms with E-state index in [0.29, 0.717) is 26.1 Å². The van der Waals surface area contributed by atoms with Crippen molar-refractivity contribution >= 4 is 11.8 Å². The normalized spacial score (nSPS) is 30.4. The summed E-state index contributed by atoms with van der Waals surface area (Å²) < 4.78 is 13.4. The smallest absolute Gasteiger partial charge is 0.241 e. The molecule has 1 aliphatic carbocycles. The monoisotopic (exact) mass is 425 g/mol. The van der Waals surface area contributed by atoms with Gasteiger partial charge in [-0.1, -0.05) is 12.1 Å². The summed E-state index contributed by atoms with van der Waals surface area (Å²) in [4.78, 5) is 31.8. The molecule has 4 fully saturated rings. The van der Waals surface area contributed by atoms with Crippen molar-refractivity contribution in [2.75, 3.05) is 19.6 Å². The number of benzene rings is 1. The van der Waals surface area contributed by atoms with E-state index in [9.17, 15) is 19.2 Å². The van der Waals surface area contributed by atoms with Crippen molar-refractivity contribution < 1.29 is 14.0 Å². The fourth-order valence-electron chi connectivity index (χ4n) is 6.07. The lowest BCUT2D eigenvalue weighted by Crippen LogP contribution is -2.62. The first-order valence-electron chi connectivity index (χ1n) is 11.2. The third-order valence-corrected chi connectivity index (χ3v) is 7.73. The van der Waals surface area contributed by atoms with Crippen molar-refractivity contribution in [3.05, 3.63) is 35.6 Å². The zero-order valence-corrected chi connectivity index (χ0v) is 17.5. The van der Waals surface area contributed by atoms with E-state index in [1.165, 1.54) is 12.1 Å². The molecule has 1 aromatic carbocycles. The minimum absolute atomic E-state index is 0.0869. The number of fused-ring (bicyclic) bond motifs is 2. The summed E-state index contributed by atoms with van der Waals surface area (Å²) >= 11 is 0. The van der Waals surface area contributed by atoms with Crippen molar-refractivity contribution in [2.45, 2.75) is 68.2 Å². The number of likely N-dealkylation sites (tertiary alicyclic amines) is 3. The highest BCUT2D eigenvalue weighted by atomic mass is 19.1. The van der Waals surface area contributed by atoms with Gasteiger partial charge in [-0.2, -0.15) is 5.26 Å². The number of hydrogen-bond acceptors (Lipinski definition) is 5. The molecule has 3 heterocycles. The summed E-state index contributed by atoms with van der Waals surface area (Å²) in [5.74, 6) is -0.372. The predicted octanol–water partition coefficient (Wildman–Crippen LogP) is 1.33. The molecule has 0 radical (unpaired) electrons. The van der Waals surface area contributed by atoms with Crippen molar-refractivity contribution in [1.82, 2.24) is 14.7 Å². The van der Waals surface area contributed by atoms with Crippen LogP contribution in [0, 0.1) is 17.1 Å². The van der Waals surface area contributed by atoms with Gasteiger partial charge in [0.25, 0.3) is 0 Å². The Labute approximate surface area is 181 Å². The Morgan fingerprint density at radius 2 is 2.03 bits per heavy atom. The van der Waals surface area contributed by atoms with Crippen LogP contribution in [0.4, 0.5) is 4.39 Å². The largest absolute Gasteiger partial charge is 0.327 e. The quantitative estimate of drug-likeness (QED) is 0.768. The van der Waals surface area contributed by atoms with Gasteiger partial charge in [0.05, 0.1) is 23.7 Å². The summed E-state index contributed by atoms with van der Waals surface area (Å²) in [5.41, 5.74) is 6.91. The predicted molar refractivity (Wildman–Crippen MR) is 111 cm³/mol. The number of amides is 2. The van der Waals surface area contributed by atoms with Gasteiger partial charge in [0.2, 0.25) is 11.8 Å². The van der Waals surface area contributed by atoms with Gasteiger partial charge in [-0.25, -0.2) is 4.39 Å². The summed E-state index contributed by atoms with van der Waals surface area (Å²) in [5, 5.41) is 9.25. The van der Waals surface area contributed by atoms with E-state index in [-0.39, 0.29) is 41.3 Å². The average Bonchev–Trinajstić information content (AvgIpc) is 3.43. The van der Waals surface area contributed by atoms with E-state index in [1.807, 2.05) is 21.9 Å². The highest BCUT2D eigenvalue weighted by Gasteiger charge is 2.58. The minimum atomic E-state index is -0.732. The number of nitrogens with two attached hydrogens (primary N) is 1. The van der Waals surface area contributed by atoms with Crippen LogP contribution in [0.5, 0.6) is 0 Å². The first kappa shape index (κ1) is 20.4. The molecule has 3 saturated heterocycles. The van der Waals surface area contributed by atoms with Gasteiger partial charge in [0, 0.05) is 25.7 Å². The molecule has 164 valence electrons. The summed E-state index contributed by atoms with van der Waals surface area (Å²) in [7, 11) is 0. The fourth-order valence-corrected chi connectivity index (χ4v) is 6.07. The van der Waals surface area contributed by atoms with Gasteiger partial charge in [-0.15, -0.1) is 0 Å². The molecule has 0 aromatic heterocycles. The van der Waals surface area contributed by atoms with E-state index < -0.39 is 6.04 Å². The SMILES string of the molecule is N#C[C@@H]1CCCN1C(=O)[C@@H](N)CN1CC2C[C@@H]1C(=O)N2C1(c2ccc(F)cc2)CCC1. The van der Waals surface area contributed by atoms with Crippen molar-refractivity contribution in [2.24, 2.45) is 5.73 Å². The molecule has 5 rings (SSSR count). The molecular formula is C23H28FN5O2. The van der Waals surface area contributed by atoms with Crippen LogP contribution in [0.25, 0.3) is 0 Å². The first-order valence-corrected chi connectivity index (χ1v) is 11.2. The third-order valence-electron chi connectivity index (χ3n) is 7.73. The molecule has 8 heteroatoms. The molecule has 0 spiro atoms. The Kier molecular flexibility index (Phi) is 4.98. The number of piperazine rings is 1. The maximum atomic E-state index is 13.4. The van der Waals surface area contributed by atoms with E-state index >= 15 is 0 Å². The second kappa shape index (κ2) is 7.57. The molecule has 1 saturated carbocycles. The summed E-state index contributed by atoms with van der Waals surface area (Å²) in [6.45, 7) is 1.60. The van der Waals surface area contributed by atoms with Crippen LogP contribution in [0.15, 0.2) is 24.3 Å². The first-order chi connectivity index (χ1) is 14.9. The summed E-state index contributed by atoms with van der Waals surface area (Å²) in [6, 6.07) is 7.45. The molecule has 1 unspecified atom stereocenters. The number of rotatable bonds is 5. The molecule has 3 aliphatic heterocycles. The lowest BCUT2D eigenvalue weighted by Gasteiger charge is -2.53. The Hall–Kier alpha value is -2.50. The third kappa shape index (κ3) is 3.14. The zero-order chi connectivity index (χ0) is 21.8. The van der Waals surface area contributed by atoms with E-state index in [4.69, 9.17) is 5.73 Å². The molecule has 2 bridgehead atoms. The van der Waals surface area contributed by atoms with Crippen LogP contribution in [-0.4, -0.2) is 70.3 Å².